The third-order valence-electron chi connectivity index (χ3n) is 4.88. The lowest BCUT2D eigenvalue weighted by Gasteiger charge is -2.16. The number of nitrogens with zero attached hydrogens (tertiary/aromatic N) is 2. The van der Waals surface area contributed by atoms with Crippen molar-refractivity contribution in [2.75, 3.05) is 13.2 Å². The standard InChI is InChI=1S/C23H24ClF2N3O4/c1-3-14-5-4-6-18(11-14)32-13-16(21(27)30)12-31-17-9-7-15(8-10-17)20-19(24)22(29(2)28-20)33-23(25)26/h4-11,16,23H,3,12-13H2,1-2H3,(H2,27,30). The van der Waals surface area contributed by atoms with E-state index in [1.54, 1.807) is 24.3 Å². The summed E-state index contributed by atoms with van der Waals surface area (Å²) in [5.74, 6) is -0.281. The molecule has 3 rings (SSSR count). The van der Waals surface area contributed by atoms with Crippen molar-refractivity contribution >= 4 is 17.5 Å². The Morgan fingerprint density at radius 1 is 1.12 bits per heavy atom. The highest BCUT2D eigenvalue weighted by molar-refractivity contribution is 6.34. The highest BCUT2D eigenvalue weighted by Crippen LogP contribution is 2.36. The number of carbonyl (C=O) groups is 1. The summed E-state index contributed by atoms with van der Waals surface area (Å²) in [4.78, 5) is 11.8. The lowest BCUT2D eigenvalue weighted by atomic mass is 10.1. The number of alkyl halides is 2. The number of aromatic nitrogens is 2. The molecule has 2 aromatic carbocycles. The summed E-state index contributed by atoms with van der Waals surface area (Å²) < 4.78 is 42.1. The largest absolute Gasteiger partial charge is 0.493 e. The van der Waals surface area contributed by atoms with E-state index in [9.17, 15) is 13.6 Å². The minimum absolute atomic E-state index is 0.0236. The Hall–Kier alpha value is -3.33. The second-order valence-corrected chi connectivity index (χ2v) is 7.59. The Morgan fingerprint density at radius 2 is 1.79 bits per heavy atom. The van der Waals surface area contributed by atoms with Crippen molar-refractivity contribution in [2.45, 2.75) is 20.0 Å². The van der Waals surface area contributed by atoms with Crippen LogP contribution in [0.4, 0.5) is 8.78 Å². The molecule has 0 aliphatic rings. The van der Waals surface area contributed by atoms with E-state index in [1.807, 2.05) is 31.2 Å². The number of primary amides is 1. The molecule has 2 N–H and O–H groups in total. The van der Waals surface area contributed by atoms with Crippen LogP contribution in [0.2, 0.25) is 5.02 Å². The van der Waals surface area contributed by atoms with Crippen LogP contribution in [0.3, 0.4) is 0 Å². The van der Waals surface area contributed by atoms with Crippen LogP contribution in [0, 0.1) is 5.92 Å². The molecule has 0 saturated heterocycles. The van der Waals surface area contributed by atoms with Crippen molar-refractivity contribution in [3.05, 3.63) is 59.1 Å². The van der Waals surface area contributed by atoms with Crippen molar-refractivity contribution in [2.24, 2.45) is 18.7 Å². The van der Waals surface area contributed by atoms with Crippen LogP contribution < -0.4 is 19.9 Å². The first kappa shape index (κ1) is 24.3. The molecule has 176 valence electrons. The zero-order valence-corrected chi connectivity index (χ0v) is 18.9. The molecule has 7 nitrogen and oxygen atoms in total. The first-order valence-corrected chi connectivity index (χ1v) is 10.6. The van der Waals surface area contributed by atoms with Gasteiger partial charge in [0.05, 0.1) is 0 Å². The van der Waals surface area contributed by atoms with Crippen LogP contribution in [-0.4, -0.2) is 35.5 Å². The van der Waals surface area contributed by atoms with Gasteiger partial charge in [0, 0.05) is 12.6 Å². The first-order chi connectivity index (χ1) is 15.8. The van der Waals surface area contributed by atoms with E-state index in [-0.39, 0.29) is 24.1 Å². The topological polar surface area (TPSA) is 88.6 Å². The van der Waals surface area contributed by atoms with E-state index in [4.69, 9.17) is 26.8 Å². The zero-order valence-electron chi connectivity index (χ0n) is 18.1. The molecule has 0 fully saturated rings. The molecule has 1 atom stereocenters. The van der Waals surface area contributed by atoms with Gasteiger partial charge in [0.2, 0.25) is 11.8 Å². The van der Waals surface area contributed by atoms with Crippen molar-refractivity contribution in [3.8, 4) is 28.6 Å². The number of carbonyl (C=O) groups excluding carboxylic acids is 1. The van der Waals surface area contributed by atoms with Crippen molar-refractivity contribution < 1.29 is 27.8 Å². The average molecular weight is 480 g/mol. The van der Waals surface area contributed by atoms with E-state index >= 15 is 0 Å². The predicted octanol–water partition coefficient (Wildman–Crippen LogP) is 4.46. The number of benzene rings is 2. The Kier molecular flexibility index (Phi) is 8.11. The molecule has 33 heavy (non-hydrogen) atoms. The van der Waals surface area contributed by atoms with E-state index in [0.717, 1.165) is 16.7 Å². The second-order valence-electron chi connectivity index (χ2n) is 7.22. The quantitative estimate of drug-likeness (QED) is 0.438. The molecule has 3 aromatic rings. The minimum atomic E-state index is -3.01. The van der Waals surface area contributed by atoms with Crippen LogP contribution in [0.1, 0.15) is 12.5 Å². The van der Waals surface area contributed by atoms with E-state index in [1.165, 1.54) is 7.05 Å². The number of hydrogen-bond donors (Lipinski definition) is 1. The summed E-state index contributed by atoms with van der Waals surface area (Å²) in [5.41, 5.74) is 7.50. The van der Waals surface area contributed by atoms with Crippen LogP contribution in [0.25, 0.3) is 11.3 Å². The fraction of sp³-hybridized carbons (Fsp3) is 0.304. The molecule has 0 saturated carbocycles. The number of nitrogens with two attached hydrogens (primary N) is 1. The van der Waals surface area contributed by atoms with Gasteiger partial charge in [-0.2, -0.15) is 13.9 Å². The molecular formula is C23H24ClF2N3O4. The molecule has 1 unspecified atom stereocenters. The van der Waals surface area contributed by atoms with Gasteiger partial charge in [0.15, 0.2) is 0 Å². The Labute approximate surface area is 195 Å². The maximum Gasteiger partial charge on any atom is 0.388 e. The average Bonchev–Trinajstić information content (AvgIpc) is 3.07. The minimum Gasteiger partial charge on any atom is -0.493 e. The number of halogens is 3. The maximum absolute atomic E-state index is 12.6. The summed E-state index contributed by atoms with van der Waals surface area (Å²) in [6, 6.07) is 14.3. The predicted molar refractivity (Wildman–Crippen MR) is 120 cm³/mol. The van der Waals surface area contributed by atoms with Gasteiger partial charge in [-0.1, -0.05) is 30.7 Å². The fourth-order valence-corrected chi connectivity index (χ4v) is 3.36. The highest BCUT2D eigenvalue weighted by atomic mass is 35.5. The Morgan fingerprint density at radius 3 is 2.39 bits per heavy atom. The molecule has 1 amide bonds. The third-order valence-corrected chi connectivity index (χ3v) is 5.22. The van der Waals surface area contributed by atoms with Crippen LogP contribution in [-0.2, 0) is 18.3 Å². The molecule has 1 heterocycles. The maximum atomic E-state index is 12.6. The zero-order chi connectivity index (χ0) is 24.0. The Balaban J connectivity index is 1.62. The number of amides is 1. The fourth-order valence-electron chi connectivity index (χ4n) is 3.05. The molecule has 0 radical (unpaired) electrons. The van der Waals surface area contributed by atoms with Crippen LogP contribution >= 0.6 is 11.6 Å². The monoisotopic (exact) mass is 479 g/mol. The number of ether oxygens (including phenoxy) is 3. The van der Waals surface area contributed by atoms with Gasteiger partial charge < -0.3 is 19.9 Å². The molecule has 0 bridgehead atoms. The van der Waals surface area contributed by atoms with Gasteiger partial charge in [0.25, 0.3) is 0 Å². The summed E-state index contributed by atoms with van der Waals surface area (Å²) in [6.07, 6.45) is 0.875. The van der Waals surface area contributed by atoms with Crippen LogP contribution in [0.5, 0.6) is 17.4 Å². The molecule has 0 spiro atoms. The lowest BCUT2D eigenvalue weighted by molar-refractivity contribution is -0.123. The third kappa shape index (κ3) is 6.35. The van der Waals surface area contributed by atoms with Crippen molar-refractivity contribution in [1.82, 2.24) is 9.78 Å². The van der Waals surface area contributed by atoms with Crippen molar-refractivity contribution in [1.29, 1.82) is 0 Å². The smallest absolute Gasteiger partial charge is 0.388 e. The highest BCUT2D eigenvalue weighted by Gasteiger charge is 2.21. The van der Waals surface area contributed by atoms with Gasteiger partial charge in [-0.3, -0.25) is 4.79 Å². The Bertz CT molecular complexity index is 1090. The number of hydrogen-bond acceptors (Lipinski definition) is 5. The van der Waals surface area contributed by atoms with Gasteiger partial charge in [0.1, 0.15) is 41.3 Å². The molecule has 0 aliphatic heterocycles. The SMILES string of the molecule is CCc1cccc(OCC(COc2ccc(-c3nn(C)c(OC(F)F)c3Cl)cc2)C(N)=O)c1. The summed E-state index contributed by atoms with van der Waals surface area (Å²) in [5, 5.41) is 4.11. The van der Waals surface area contributed by atoms with Gasteiger partial charge in [-0.15, -0.1) is 0 Å². The van der Waals surface area contributed by atoms with Gasteiger partial charge in [-0.25, -0.2) is 4.68 Å². The summed E-state index contributed by atoms with van der Waals surface area (Å²) >= 11 is 6.15. The summed E-state index contributed by atoms with van der Waals surface area (Å²) in [7, 11) is 1.45. The second kappa shape index (κ2) is 11.0. The number of rotatable bonds is 11. The van der Waals surface area contributed by atoms with E-state index in [0.29, 0.717) is 22.8 Å². The summed E-state index contributed by atoms with van der Waals surface area (Å²) in [6.45, 7) is -0.863. The molecule has 1 aromatic heterocycles. The van der Waals surface area contributed by atoms with Crippen LogP contribution in [0.15, 0.2) is 48.5 Å². The van der Waals surface area contributed by atoms with Gasteiger partial charge in [-0.05, 0) is 48.4 Å². The van der Waals surface area contributed by atoms with E-state index < -0.39 is 18.4 Å². The normalized spacial score (nSPS) is 11.9. The van der Waals surface area contributed by atoms with E-state index in [2.05, 4.69) is 9.84 Å². The lowest BCUT2D eigenvalue weighted by Crippen LogP contribution is -2.33. The molecular weight excluding hydrogens is 456 g/mol. The van der Waals surface area contributed by atoms with Crippen molar-refractivity contribution in [3.63, 3.8) is 0 Å². The number of aryl methyl sites for hydroxylation is 2. The molecule has 0 aliphatic carbocycles. The van der Waals surface area contributed by atoms with Gasteiger partial charge >= 0.3 is 6.61 Å². The first-order valence-electron chi connectivity index (χ1n) is 10.2. The molecule has 10 heteroatoms.